The van der Waals surface area contributed by atoms with Crippen LogP contribution in [0.25, 0.3) is 6.08 Å². The predicted octanol–water partition coefficient (Wildman–Crippen LogP) is 3.93. The number of nitrogens with one attached hydrogen (secondary N) is 1. The molecule has 4 nitrogen and oxygen atoms in total. The highest BCUT2D eigenvalue weighted by Gasteiger charge is 2.10. The lowest BCUT2D eigenvalue weighted by Crippen LogP contribution is -2.35. The van der Waals surface area contributed by atoms with Gasteiger partial charge in [0.2, 0.25) is 5.91 Å². The molecule has 2 aromatic rings. The molecule has 0 spiro atoms. The van der Waals surface area contributed by atoms with Crippen molar-refractivity contribution in [2.75, 3.05) is 31.6 Å². The summed E-state index contributed by atoms with van der Waals surface area (Å²) in [5.41, 5.74) is 2.99. The number of ether oxygens (including phenoxy) is 1. The van der Waals surface area contributed by atoms with Crippen molar-refractivity contribution < 1.29 is 9.53 Å². The largest absolute Gasteiger partial charge is 0.379 e. The maximum atomic E-state index is 12.1. The lowest BCUT2D eigenvalue weighted by atomic mass is 10.1. The molecule has 0 bridgehead atoms. The van der Waals surface area contributed by atoms with Crippen LogP contribution in [-0.4, -0.2) is 37.1 Å². The van der Waals surface area contributed by atoms with E-state index in [2.05, 4.69) is 32.2 Å². The molecule has 0 atom stereocenters. The molecule has 2 aromatic carbocycles. The van der Waals surface area contributed by atoms with Crippen molar-refractivity contribution in [2.45, 2.75) is 6.54 Å². The van der Waals surface area contributed by atoms with E-state index in [4.69, 9.17) is 4.74 Å². The van der Waals surface area contributed by atoms with Gasteiger partial charge in [0.1, 0.15) is 0 Å². The van der Waals surface area contributed by atoms with Gasteiger partial charge in [0.25, 0.3) is 0 Å². The van der Waals surface area contributed by atoms with Gasteiger partial charge in [-0.05, 0) is 41.5 Å². The average molecular weight is 401 g/mol. The molecule has 0 radical (unpaired) electrons. The van der Waals surface area contributed by atoms with Crippen molar-refractivity contribution in [1.29, 1.82) is 0 Å². The van der Waals surface area contributed by atoms with E-state index in [-0.39, 0.29) is 5.91 Å². The monoisotopic (exact) mass is 400 g/mol. The number of hydrogen-bond acceptors (Lipinski definition) is 3. The van der Waals surface area contributed by atoms with Crippen LogP contribution in [0, 0.1) is 0 Å². The summed E-state index contributed by atoms with van der Waals surface area (Å²) < 4.78 is 6.39. The first-order valence-corrected chi connectivity index (χ1v) is 9.12. The molecule has 1 N–H and O–H groups in total. The standard InChI is InChI=1S/C20H21BrN2O2/c21-18-7-4-16(5-8-18)6-9-20(24)22-19-3-1-2-17(14-19)15-23-10-12-25-13-11-23/h1-9,14H,10-13,15H2,(H,22,24)/b9-6+. The van der Waals surface area contributed by atoms with E-state index in [0.29, 0.717) is 0 Å². The Morgan fingerprint density at radius 3 is 2.68 bits per heavy atom. The molecule has 1 aliphatic heterocycles. The third-order valence-electron chi connectivity index (χ3n) is 4.00. The number of anilines is 1. The summed E-state index contributed by atoms with van der Waals surface area (Å²) in [6.07, 6.45) is 3.36. The van der Waals surface area contributed by atoms with Gasteiger partial charge in [-0.25, -0.2) is 0 Å². The van der Waals surface area contributed by atoms with Crippen LogP contribution in [0.2, 0.25) is 0 Å². The number of amides is 1. The Labute approximate surface area is 156 Å². The highest BCUT2D eigenvalue weighted by Crippen LogP contribution is 2.14. The minimum Gasteiger partial charge on any atom is -0.379 e. The fourth-order valence-electron chi connectivity index (χ4n) is 2.69. The van der Waals surface area contributed by atoms with E-state index in [9.17, 15) is 4.79 Å². The second-order valence-corrected chi connectivity index (χ2v) is 6.88. The molecule has 1 heterocycles. The number of hydrogen-bond donors (Lipinski definition) is 1. The molecule has 0 aromatic heterocycles. The van der Waals surface area contributed by atoms with E-state index >= 15 is 0 Å². The molecule has 0 unspecified atom stereocenters. The van der Waals surface area contributed by atoms with E-state index in [1.54, 1.807) is 12.2 Å². The van der Waals surface area contributed by atoms with Crippen LogP contribution in [0.15, 0.2) is 59.1 Å². The fourth-order valence-corrected chi connectivity index (χ4v) is 2.96. The van der Waals surface area contributed by atoms with Gasteiger partial charge in [-0.2, -0.15) is 0 Å². The van der Waals surface area contributed by atoms with Crippen LogP contribution < -0.4 is 5.32 Å². The molecule has 3 rings (SSSR count). The zero-order chi connectivity index (χ0) is 17.5. The Morgan fingerprint density at radius 1 is 1.16 bits per heavy atom. The molecule has 25 heavy (non-hydrogen) atoms. The van der Waals surface area contributed by atoms with Crippen LogP contribution in [0.4, 0.5) is 5.69 Å². The van der Waals surface area contributed by atoms with E-state index < -0.39 is 0 Å². The van der Waals surface area contributed by atoms with Crippen molar-refractivity contribution in [3.63, 3.8) is 0 Å². The normalized spacial score (nSPS) is 15.4. The summed E-state index contributed by atoms with van der Waals surface area (Å²) in [6, 6.07) is 15.8. The molecule has 1 fully saturated rings. The van der Waals surface area contributed by atoms with E-state index in [0.717, 1.165) is 48.6 Å². The molecule has 1 saturated heterocycles. The number of carbonyl (C=O) groups excluding carboxylic acids is 1. The summed E-state index contributed by atoms with van der Waals surface area (Å²) >= 11 is 3.40. The molecule has 0 aliphatic carbocycles. The molecule has 0 saturated carbocycles. The molecule has 130 valence electrons. The Balaban J connectivity index is 1.57. The predicted molar refractivity (Wildman–Crippen MR) is 104 cm³/mol. The molecule has 1 amide bonds. The first-order chi connectivity index (χ1) is 12.2. The molecule has 5 heteroatoms. The highest BCUT2D eigenvalue weighted by atomic mass is 79.9. The summed E-state index contributed by atoms with van der Waals surface area (Å²) in [5, 5.41) is 2.92. The molecule has 1 aliphatic rings. The van der Waals surface area contributed by atoms with Gasteiger partial charge >= 0.3 is 0 Å². The zero-order valence-corrected chi connectivity index (χ0v) is 15.5. The summed E-state index contributed by atoms with van der Waals surface area (Å²) in [5.74, 6) is -0.133. The van der Waals surface area contributed by atoms with Crippen molar-refractivity contribution in [3.05, 3.63) is 70.2 Å². The van der Waals surface area contributed by atoms with Crippen LogP contribution in [0.5, 0.6) is 0 Å². The first kappa shape index (κ1) is 17.9. The van der Waals surface area contributed by atoms with Crippen LogP contribution in [0.3, 0.4) is 0 Å². The fraction of sp³-hybridized carbons (Fsp3) is 0.250. The van der Waals surface area contributed by atoms with Gasteiger partial charge in [-0.3, -0.25) is 9.69 Å². The first-order valence-electron chi connectivity index (χ1n) is 8.33. The SMILES string of the molecule is O=C(/C=C/c1ccc(Br)cc1)Nc1cccc(CN2CCOCC2)c1. The second-order valence-electron chi connectivity index (χ2n) is 5.96. The Morgan fingerprint density at radius 2 is 1.92 bits per heavy atom. The Kier molecular flexibility index (Phi) is 6.39. The number of carbonyl (C=O) groups is 1. The second kappa shape index (κ2) is 8.94. The number of nitrogens with zero attached hydrogens (tertiary/aromatic N) is 1. The smallest absolute Gasteiger partial charge is 0.248 e. The highest BCUT2D eigenvalue weighted by molar-refractivity contribution is 9.10. The van der Waals surface area contributed by atoms with E-state index in [1.807, 2.05) is 42.5 Å². The topological polar surface area (TPSA) is 41.6 Å². The van der Waals surface area contributed by atoms with E-state index in [1.165, 1.54) is 5.56 Å². The number of morpholine rings is 1. The minimum absolute atomic E-state index is 0.133. The maximum absolute atomic E-state index is 12.1. The zero-order valence-electron chi connectivity index (χ0n) is 14.0. The Bertz CT molecular complexity index is 738. The number of halogens is 1. The minimum atomic E-state index is -0.133. The van der Waals surface area contributed by atoms with Crippen LogP contribution >= 0.6 is 15.9 Å². The van der Waals surface area contributed by atoms with Crippen LogP contribution in [0.1, 0.15) is 11.1 Å². The van der Waals surface area contributed by atoms with Gasteiger partial charge in [0.15, 0.2) is 0 Å². The van der Waals surface area contributed by atoms with Crippen molar-refractivity contribution in [2.24, 2.45) is 0 Å². The maximum Gasteiger partial charge on any atom is 0.248 e. The van der Waals surface area contributed by atoms with Crippen LogP contribution in [-0.2, 0) is 16.1 Å². The quantitative estimate of drug-likeness (QED) is 0.772. The average Bonchev–Trinajstić information content (AvgIpc) is 2.62. The molecular formula is C20H21BrN2O2. The lowest BCUT2D eigenvalue weighted by Gasteiger charge is -2.26. The van der Waals surface area contributed by atoms with Crippen molar-refractivity contribution in [1.82, 2.24) is 4.90 Å². The summed E-state index contributed by atoms with van der Waals surface area (Å²) in [4.78, 5) is 14.5. The lowest BCUT2D eigenvalue weighted by molar-refractivity contribution is -0.111. The Hall–Kier alpha value is -1.95. The number of rotatable bonds is 5. The van der Waals surface area contributed by atoms with Crippen molar-refractivity contribution in [3.8, 4) is 0 Å². The number of benzene rings is 2. The third-order valence-corrected chi connectivity index (χ3v) is 4.53. The van der Waals surface area contributed by atoms with Gasteiger partial charge in [0.05, 0.1) is 13.2 Å². The van der Waals surface area contributed by atoms with Crippen molar-refractivity contribution >= 4 is 33.6 Å². The van der Waals surface area contributed by atoms with Gasteiger partial charge < -0.3 is 10.1 Å². The third kappa shape index (κ3) is 5.81. The van der Waals surface area contributed by atoms with Gasteiger partial charge in [-0.15, -0.1) is 0 Å². The summed E-state index contributed by atoms with van der Waals surface area (Å²) in [6.45, 7) is 4.36. The van der Waals surface area contributed by atoms with Gasteiger partial charge in [0, 0.05) is 35.9 Å². The molecular weight excluding hydrogens is 380 g/mol. The van der Waals surface area contributed by atoms with Gasteiger partial charge in [-0.1, -0.05) is 40.2 Å². The summed E-state index contributed by atoms with van der Waals surface area (Å²) in [7, 11) is 0.